The van der Waals surface area contributed by atoms with E-state index < -0.39 is 0 Å². The number of carbonyl (C=O) groups excluding carboxylic acids is 2. The van der Waals surface area contributed by atoms with Gasteiger partial charge in [0.15, 0.2) is 0 Å². The molecule has 122 valence electrons. The largest absolute Gasteiger partial charge is 0.356 e. The van der Waals surface area contributed by atoms with Gasteiger partial charge in [-0.05, 0) is 18.4 Å². The molecule has 2 N–H and O–H groups in total. The van der Waals surface area contributed by atoms with Gasteiger partial charge in [-0.25, -0.2) is 0 Å². The lowest BCUT2D eigenvalue weighted by Gasteiger charge is -2.06. The molecular weight excluding hydrogens is 276 g/mol. The highest BCUT2D eigenvalue weighted by molar-refractivity contribution is 5.83. The Kier molecular flexibility index (Phi) is 9.75. The van der Waals surface area contributed by atoms with Crippen LogP contribution in [0.5, 0.6) is 0 Å². The van der Waals surface area contributed by atoms with Gasteiger partial charge >= 0.3 is 0 Å². The zero-order chi connectivity index (χ0) is 16.0. The van der Waals surface area contributed by atoms with Crippen LogP contribution in [-0.4, -0.2) is 24.9 Å². The van der Waals surface area contributed by atoms with Gasteiger partial charge < -0.3 is 10.6 Å². The summed E-state index contributed by atoms with van der Waals surface area (Å²) in [5.41, 5.74) is 1.20. The summed E-state index contributed by atoms with van der Waals surface area (Å²) < 4.78 is 0. The zero-order valence-corrected chi connectivity index (χ0v) is 13.6. The van der Waals surface area contributed by atoms with Crippen molar-refractivity contribution in [3.63, 3.8) is 0 Å². The third-order valence-corrected chi connectivity index (χ3v) is 3.51. The molecule has 0 fully saturated rings. The van der Waals surface area contributed by atoms with E-state index in [4.69, 9.17) is 0 Å². The number of unbranched alkanes of at least 4 members (excludes halogenated alkanes) is 3. The molecule has 0 unspecified atom stereocenters. The van der Waals surface area contributed by atoms with Crippen LogP contribution in [0, 0.1) is 0 Å². The number of carbonyl (C=O) groups is 2. The predicted octanol–water partition coefficient (Wildman–Crippen LogP) is 2.82. The summed E-state index contributed by atoms with van der Waals surface area (Å²) >= 11 is 0. The van der Waals surface area contributed by atoms with E-state index in [9.17, 15) is 9.59 Å². The van der Waals surface area contributed by atoms with Gasteiger partial charge in [-0.2, -0.15) is 0 Å². The van der Waals surface area contributed by atoms with Crippen molar-refractivity contribution in [3.8, 4) is 0 Å². The minimum Gasteiger partial charge on any atom is -0.356 e. The predicted molar refractivity (Wildman–Crippen MR) is 89.5 cm³/mol. The lowest BCUT2D eigenvalue weighted by molar-refractivity contribution is -0.126. The maximum atomic E-state index is 11.7. The quantitative estimate of drug-likeness (QED) is 0.618. The van der Waals surface area contributed by atoms with E-state index in [1.165, 1.54) is 18.4 Å². The molecule has 4 heteroatoms. The fourth-order valence-electron chi connectivity index (χ4n) is 2.17. The summed E-state index contributed by atoms with van der Waals surface area (Å²) in [6.45, 7) is 3.49. The van der Waals surface area contributed by atoms with E-state index in [1.54, 1.807) is 0 Å². The van der Waals surface area contributed by atoms with Crippen molar-refractivity contribution >= 4 is 11.8 Å². The maximum absolute atomic E-state index is 11.7. The number of hydrogen-bond acceptors (Lipinski definition) is 2. The molecule has 0 bridgehead atoms. The molecular formula is C18H28N2O2. The van der Waals surface area contributed by atoms with E-state index in [2.05, 4.69) is 17.6 Å². The normalized spacial score (nSPS) is 10.2. The molecule has 4 nitrogen and oxygen atoms in total. The monoisotopic (exact) mass is 304 g/mol. The Morgan fingerprint density at radius 1 is 0.864 bits per heavy atom. The molecule has 0 spiro atoms. The summed E-state index contributed by atoms with van der Waals surface area (Å²) in [4.78, 5) is 23.2. The summed E-state index contributed by atoms with van der Waals surface area (Å²) in [6.07, 6.45) is 5.91. The second kappa shape index (κ2) is 11.8. The van der Waals surface area contributed by atoms with E-state index in [0.29, 0.717) is 13.1 Å². The average Bonchev–Trinajstić information content (AvgIpc) is 2.54. The third-order valence-electron chi connectivity index (χ3n) is 3.51. The summed E-state index contributed by atoms with van der Waals surface area (Å²) in [5, 5.41) is 5.71. The Morgan fingerprint density at radius 2 is 1.50 bits per heavy atom. The van der Waals surface area contributed by atoms with Gasteiger partial charge in [0.1, 0.15) is 0 Å². The van der Waals surface area contributed by atoms with Gasteiger partial charge in [0, 0.05) is 25.9 Å². The van der Waals surface area contributed by atoms with Crippen LogP contribution in [0.3, 0.4) is 0 Å². The molecule has 1 rings (SSSR count). The number of rotatable bonds is 11. The highest BCUT2D eigenvalue weighted by atomic mass is 16.2. The first-order valence-electron chi connectivity index (χ1n) is 8.29. The van der Waals surface area contributed by atoms with E-state index in [-0.39, 0.29) is 24.7 Å². The van der Waals surface area contributed by atoms with Gasteiger partial charge in [0.2, 0.25) is 11.8 Å². The van der Waals surface area contributed by atoms with Gasteiger partial charge in [-0.3, -0.25) is 9.59 Å². The van der Waals surface area contributed by atoms with Crippen LogP contribution in [0.4, 0.5) is 0 Å². The van der Waals surface area contributed by atoms with E-state index >= 15 is 0 Å². The molecule has 0 saturated heterocycles. The summed E-state index contributed by atoms with van der Waals surface area (Å²) in [6, 6.07) is 10.0. The Balaban J connectivity index is 2.01. The molecule has 22 heavy (non-hydrogen) atoms. The van der Waals surface area contributed by atoms with Crippen LogP contribution >= 0.6 is 0 Å². The molecule has 0 aliphatic rings. The standard InChI is InChI=1S/C18H28N2O2/c1-2-3-4-8-14-19-17(21)11-12-18(22)20-15-13-16-9-6-5-7-10-16/h5-7,9-10H,2-4,8,11-15H2,1H3,(H,19,21)(H,20,22). The minimum absolute atomic E-state index is 0.0327. The average molecular weight is 304 g/mol. The Labute approximate surface area is 133 Å². The van der Waals surface area contributed by atoms with Crippen LogP contribution in [0.2, 0.25) is 0 Å². The van der Waals surface area contributed by atoms with Crippen molar-refractivity contribution < 1.29 is 9.59 Å². The molecule has 0 aliphatic carbocycles. The molecule has 1 aromatic carbocycles. The number of hydrogen-bond donors (Lipinski definition) is 2. The molecule has 0 atom stereocenters. The molecule has 2 amide bonds. The highest BCUT2D eigenvalue weighted by Crippen LogP contribution is 1.99. The van der Waals surface area contributed by atoms with Crippen LogP contribution in [0.1, 0.15) is 51.0 Å². The molecule has 0 heterocycles. The van der Waals surface area contributed by atoms with Crippen molar-refractivity contribution in [1.29, 1.82) is 0 Å². The van der Waals surface area contributed by atoms with Crippen molar-refractivity contribution in [2.24, 2.45) is 0 Å². The molecule has 1 aromatic rings. The summed E-state index contributed by atoms with van der Waals surface area (Å²) in [7, 11) is 0. The number of amides is 2. The summed E-state index contributed by atoms with van der Waals surface area (Å²) in [5.74, 6) is -0.0910. The maximum Gasteiger partial charge on any atom is 0.220 e. The molecule has 0 aliphatic heterocycles. The minimum atomic E-state index is -0.0583. The first kappa shape index (κ1) is 18.2. The van der Waals surface area contributed by atoms with Gasteiger partial charge in [-0.15, -0.1) is 0 Å². The fraction of sp³-hybridized carbons (Fsp3) is 0.556. The zero-order valence-electron chi connectivity index (χ0n) is 13.6. The van der Waals surface area contributed by atoms with E-state index in [0.717, 1.165) is 19.3 Å². The van der Waals surface area contributed by atoms with Crippen LogP contribution in [0.15, 0.2) is 30.3 Å². The lowest BCUT2D eigenvalue weighted by Crippen LogP contribution is -2.29. The SMILES string of the molecule is CCCCCCNC(=O)CCC(=O)NCCc1ccccc1. The number of benzene rings is 1. The topological polar surface area (TPSA) is 58.2 Å². The van der Waals surface area contributed by atoms with Crippen molar-refractivity contribution in [2.45, 2.75) is 51.9 Å². The van der Waals surface area contributed by atoms with E-state index in [1.807, 2.05) is 30.3 Å². The van der Waals surface area contributed by atoms with Crippen LogP contribution < -0.4 is 10.6 Å². The molecule has 0 saturated carbocycles. The lowest BCUT2D eigenvalue weighted by atomic mass is 10.1. The highest BCUT2D eigenvalue weighted by Gasteiger charge is 2.06. The van der Waals surface area contributed by atoms with Crippen molar-refractivity contribution in [3.05, 3.63) is 35.9 Å². The third kappa shape index (κ3) is 9.16. The smallest absolute Gasteiger partial charge is 0.220 e. The van der Waals surface area contributed by atoms with Crippen molar-refractivity contribution in [1.82, 2.24) is 10.6 Å². The van der Waals surface area contributed by atoms with Crippen LogP contribution in [-0.2, 0) is 16.0 Å². The second-order valence-electron chi connectivity index (χ2n) is 5.50. The van der Waals surface area contributed by atoms with Gasteiger partial charge in [0.05, 0.1) is 0 Å². The molecule has 0 radical (unpaired) electrons. The number of nitrogens with one attached hydrogen (secondary N) is 2. The Hall–Kier alpha value is -1.84. The van der Waals surface area contributed by atoms with Crippen molar-refractivity contribution in [2.75, 3.05) is 13.1 Å². The molecule has 0 aromatic heterocycles. The fourth-order valence-corrected chi connectivity index (χ4v) is 2.17. The van der Waals surface area contributed by atoms with Gasteiger partial charge in [0.25, 0.3) is 0 Å². The Bertz CT molecular complexity index is 432. The second-order valence-corrected chi connectivity index (χ2v) is 5.50. The Morgan fingerprint density at radius 3 is 2.14 bits per heavy atom. The van der Waals surface area contributed by atoms with Gasteiger partial charge in [-0.1, -0.05) is 56.5 Å². The first-order valence-corrected chi connectivity index (χ1v) is 8.29. The van der Waals surface area contributed by atoms with Crippen LogP contribution in [0.25, 0.3) is 0 Å². The first-order chi connectivity index (χ1) is 10.7.